The Kier molecular flexibility index (Phi) is 6.90. The number of nitrogens with one attached hydrogen (secondary N) is 1. The Bertz CT molecular complexity index is 879. The monoisotopic (exact) mass is 418 g/mol. The Morgan fingerprint density at radius 1 is 1.24 bits per heavy atom. The summed E-state index contributed by atoms with van der Waals surface area (Å²) in [4.78, 5) is 19.6. The third-order valence-corrected chi connectivity index (χ3v) is 6.77. The Morgan fingerprint density at radius 3 is 2.86 bits per heavy atom. The summed E-state index contributed by atoms with van der Waals surface area (Å²) >= 11 is 1.64. The van der Waals surface area contributed by atoms with Gasteiger partial charge in [-0.1, -0.05) is 37.7 Å². The zero-order chi connectivity index (χ0) is 20.2. The Hall–Kier alpha value is -1.41. The van der Waals surface area contributed by atoms with Gasteiger partial charge in [-0.15, -0.1) is 0 Å². The molecule has 7 heteroatoms. The van der Waals surface area contributed by atoms with Crippen LogP contribution in [0.4, 0.5) is 0 Å². The second-order valence-corrected chi connectivity index (χ2v) is 9.56. The van der Waals surface area contributed by atoms with Crippen LogP contribution in [0.5, 0.6) is 0 Å². The summed E-state index contributed by atoms with van der Waals surface area (Å²) in [6, 6.07) is 7.62. The summed E-state index contributed by atoms with van der Waals surface area (Å²) in [5.41, 5.74) is 0.797. The van der Waals surface area contributed by atoms with Crippen LogP contribution in [0.25, 0.3) is 10.9 Å². The van der Waals surface area contributed by atoms with Gasteiger partial charge in [0.2, 0.25) is 0 Å². The number of fused-ring (bicyclic) bond motifs is 1. The van der Waals surface area contributed by atoms with Crippen LogP contribution in [0.15, 0.2) is 34.2 Å². The number of quaternary nitrogens is 1. The van der Waals surface area contributed by atoms with Gasteiger partial charge >= 0.3 is 0 Å². The number of aromatic nitrogens is 2. The van der Waals surface area contributed by atoms with Crippen LogP contribution in [-0.2, 0) is 16.0 Å². The molecule has 0 radical (unpaired) electrons. The zero-order valence-electron chi connectivity index (χ0n) is 17.4. The molecular formula is C22H32N3O3S+. The van der Waals surface area contributed by atoms with Crippen molar-refractivity contribution in [1.29, 1.82) is 0 Å². The quantitative estimate of drug-likeness (QED) is 0.547. The molecule has 4 rings (SSSR count). The second-order valence-electron chi connectivity index (χ2n) is 8.57. The lowest BCUT2D eigenvalue weighted by atomic mass is 10.2. The number of rotatable bonds is 7. The first-order valence-electron chi connectivity index (χ1n) is 10.8. The van der Waals surface area contributed by atoms with E-state index in [2.05, 4.69) is 13.8 Å². The molecule has 1 aromatic heterocycles. The normalized spacial score (nSPS) is 25.1. The minimum absolute atomic E-state index is 0.0326. The number of nitrogens with zero attached hydrogens (tertiary/aromatic N) is 2. The summed E-state index contributed by atoms with van der Waals surface area (Å²) in [5, 5.41) is 1.46. The maximum absolute atomic E-state index is 13.2. The summed E-state index contributed by atoms with van der Waals surface area (Å²) < 4.78 is 13.6. The van der Waals surface area contributed by atoms with Crippen LogP contribution in [0.2, 0.25) is 0 Å². The molecule has 1 unspecified atom stereocenters. The van der Waals surface area contributed by atoms with E-state index in [0.29, 0.717) is 17.8 Å². The lowest BCUT2D eigenvalue weighted by Crippen LogP contribution is -3.15. The first kappa shape index (κ1) is 20.8. The Balaban J connectivity index is 1.53. The minimum atomic E-state index is 0.0326. The molecule has 0 saturated carbocycles. The molecule has 0 bridgehead atoms. The Labute approximate surface area is 176 Å². The van der Waals surface area contributed by atoms with Crippen molar-refractivity contribution in [2.75, 3.05) is 38.6 Å². The van der Waals surface area contributed by atoms with E-state index in [1.54, 1.807) is 16.7 Å². The van der Waals surface area contributed by atoms with Crippen LogP contribution in [0.3, 0.4) is 0 Å². The molecule has 2 aliphatic heterocycles. The number of ether oxygens (including phenoxy) is 2. The fraction of sp³-hybridized carbons (Fsp3) is 0.636. The molecule has 0 aliphatic carbocycles. The fourth-order valence-electron chi connectivity index (χ4n) is 4.30. The van der Waals surface area contributed by atoms with Crippen molar-refractivity contribution in [3.05, 3.63) is 34.6 Å². The highest BCUT2D eigenvalue weighted by molar-refractivity contribution is 7.99. The van der Waals surface area contributed by atoms with Crippen molar-refractivity contribution < 1.29 is 14.4 Å². The SMILES string of the molecule is CC(C)C[NH+]1CCO[C@H](CSc2nc3ccccc3c(=O)n2C[C@@H]2CCCO2)C1. The predicted octanol–water partition coefficient (Wildman–Crippen LogP) is 1.61. The summed E-state index contributed by atoms with van der Waals surface area (Å²) in [6.07, 6.45) is 2.37. The highest BCUT2D eigenvalue weighted by atomic mass is 32.2. The largest absolute Gasteiger partial charge is 0.376 e. The third kappa shape index (κ3) is 5.20. The molecule has 2 aliphatic rings. The number of morpholine rings is 1. The molecule has 2 saturated heterocycles. The lowest BCUT2D eigenvalue weighted by molar-refractivity contribution is -0.914. The molecule has 3 atom stereocenters. The number of benzene rings is 1. The number of hydrogen-bond donors (Lipinski definition) is 1. The number of para-hydroxylation sites is 1. The van der Waals surface area contributed by atoms with Gasteiger partial charge in [0, 0.05) is 18.3 Å². The molecule has 158 valence electrons. The van der Waals surface area contributed by atoms with E-state index in [1.165, 1.54) is 6.54 Å². The van der Waals surface area contributed by atoms with E-state index >= 15 is 0 Å². The van der Waals surface area contributed by atoms with E-state index in [1.807, 2.05) is 28.8 Å². The predicted molar refractivity (Wildman–Crippen MR) is 116 cm³/mol. The van der Waals surface area contributed by atoms with Gasteiger partial charge in [-0.3, -0.25) is 9.36 Å². The minimum Gasteiger partial charge on any atom is -0.376 e. The smallest absolute Gasteiger partial charge is 0.262 e. The lowest BCUT2D eigenvalue weighted by Gasteiger charge is -2.31. The van der Waals surface area contributed by atoms with Gasteiger partial charge in [0.05, 0.1) is 36.7 Å². The van der Waals surface area contributed by atoms with E-state index in [-0.39, 0.29) is 17.8 Å². The molecule has 1 N–H and O–H groups in total. The summed E-state index contributed by atoms with van der Waals surface area (Å²) in [7, 11) is 0. The Morgan fingerprint density at radius 2 is 2.07 bits per heavy atom. The van der Waals surface area contributed by atoms with Crippen molar-refractivity contribution in [2.24, 2.45) is 5.92 Å². The topological polar surface area (TPSA) is 57.8 Å². The van der Waals surface area contributed by atoms with Gasteiger partial charge in [0.1, 0.15) is 19.2 Å². The van der Waals surface area contributed by atoms with Crippen molar-refractivity contribution in [1.82, 2.24) is 9.55 Å². The van der Waals surface area contributed by atoms with E-state index in [0.717, 1.165) is 55.6 Å². The molecule has 2 aromatic rings. The van der Waals surface area contributed by atoms with E-state index < -0.39 is 0 Å². The van der Waals surface area contributed by atoms with Gasteiger partial charge in [0.15, 0.2) is 5.16 Å². The van der Waals surface area contributed by atoms with Crippen LogP contribution in [0, 0.1) is 5.92 Å². The average Bonchev–Trinajstić information content (AvgIpc) is 3.22. The van der Waals surface area contributed by atoms with Crippen LogP contribution in [-0.4, -0.2) is 60.4 Å². The maximum Gasteiger partial charge on any atom is 0.262 e. The first-order valence-corrected chi connectivity index (χ1v) is 11.8. The van der Waals surface area contributed by atoms with Gasteiger partial charge in [0.25, 0.3) is 5.56 Å². The van der Waals surface area contributed by atoms with Crippen LogP contribution < -0.4 is 10.5 Å². The van der Waals surface area contributed by atoms with E-state index in [4.69, 9.17) is 14.5 Å². The number of hydrogen-bond acceptors (Lipinski definition) is 5. The summed E-state index contributed by atoms with van der Waals surface area (Å²) in [6.45, 7) is 10.0. The summed E-state index contributed by atoms with van der Waals surface area (Å²) in [5.74, 6) is 1.51. The third-order valence-electron chi connectivity index (χ3n) is 5.66. The van der Waals surface area contributed by atoms with Crippen molar-refractivity contribution >= 4 is 22.7 Å². The van der Waals surface area contributed by atoms with Gasteiger partial charge in [-0.2, -0.15) is 0 Å². The van der Waals surface area contributed by atoms with Gasteiger partial charge in [-0.05, 0) is 25.0 Å². The van der Waals surface area contributed by atoms with E-state index in [9.17, 15) is 4.79 Å². The molecule has 6 nitrogen and oxygen atoms in total. The van der Waals surface area contributed by atoms with Gasteiger partial charge in [-0.25, -0.2) is 4.98 Å². The maximum atomic E-state index is 13.2. The molecule has 3 heterocycles. The zero-order valence-corrected chi connectivity index (χ0v) is 18.2. The van der Waals surface area contributed by atoms with Crippen LogP contribution >= 0.6 is 11.8 Å². The second kappa shape index (κ2) is 9.60. The average molecular weight is 419 g/mol. The highest BCUT2D eigenvalue weighted by Crippen LogP contribution is 2.22. The van der Waals surface area contributed by atoms with Gasteiger partial charge < -0.3 is 14.4 Å². The molecular weight excluding hydrogens is 386 g/mol. The van der Waals surface area contributed by atoms with Crippen molar-refractivity contribution in [3.8, 4) is 0 Å². The molecule has 29 heavy (non-hydrogen) atoms. The van der Waals surface area contributed by atoms with Crippen molar-refractivity contribution in [2.45, 2.75) is 50.6 Å². The molecule has 1 aromatic carbocycles. The molecule has 0 amide bonds. The van der Waals surface area contributed by atoms with Crippen LogP contribution in [0.1, 0.15) is 26.7 Å². The number of thioether (sulfide) groups is 1. The van der Waals surface area contributed by atoms with Crippen molar-refractivity contribution in [3.63, 3.8) is 0 Å². The molecule has 0 spiro atoms. The standard InChI is InChI=1S/C22H31N3O3S/c1-16(2)12-24-9-11-28-18(13-24)15-29-22-23-20-8-4-3-7-19(20)21(26)25(22)14-17-6-5-10-27-17/h3-4,7-8,16-18H,5-6,9-15H2,1-2H3/p+1/t17-,18-/m0/s1. The first-order chi connectivity index (χ1) is 14.1. The fourth-order valence-corrected chi connectivity index (χ4v) is 5.33. The highest BCUT2D eigenvalue weighted by Gasteiger charge is 2.26. The molecule has 2 fully saturated rings.